The molecule has 5 nitrogen and oxygen atoms in total. The lowest BCUT2D eigenvalue weighted by molar-refractivity contribution is -0.123. The molecule has 0 fully saturated rings. The first kappa shape index (κ1) is 16.0. The van der Waals surface area contributed by atoms with E-state index in [0.717, 1.165) is 6.42 Å². The average molecular weight is 279 g/mol. The van der Waals surface area contributed by atoms with Crippen LogP contribution in [-0.2, 0) is 4.79 Å². The molecule has 1 aromatic rings. The van der Waals surface area contributed by atoms with E-state index in [0.29, 0.717) is 17.1 Å². The van der Waals surface area contributed by atoms with Crippen molar-refractivity contribution in [2.24, 2.45) is 0 Å². The Morgan fingerprint density at radius 2 is 2.05 bits per heavy atom. The summed E-state index contributed by atoms with van der Waals surface area (Å²) in [5.41, 5.74) is 0.433. The highest BCUT2D eigenvalue weighted by Gasteiger charge is 2.12. The summed E-state index contributed by atoms with van der Waals surface area (Å²) in [5.74, 6) is 0.602. The van der Waals surface area contributed by atoms with E-state index in [1.807, 2.05) is 13.8 Å². The monoisotopic (exact) mass is 279 g/mol. The average Bonchev–Trinajstić information content (AvgIpc) is 2.44. The Morgan fingerprint density at radius 3 is 2.60 bits per heavy atom. The SMILES string of the molecule is CCC(C)NC(=O)COc1cc(OC)ccc1C(C)=O. The Bertz CT molecular complexity index is 485. The summed E-state index contributed by atoms with van der Waals surface area (Å²) in [5, 5.41) is 2.80. The topological polar surface area (TPSA) is 64.6 Å². The van der Waals surface area contributed by atoms with Gasteiger partial charge in [0, 0.05) is 12.1 Å². The summed E-state index contributed by atoms with van der Waals surface area (Å²) in [6, 6.07) is 5.02. The molecule has 1 aromatic carbocycles. The fraction of sp³-hybridized carbons (Fsp3) is 0.467. The van der Waals surface area contributed by atoms with Gasteiger partial charge in [0.1, 0.15) is 11.5 Å². The van der Waals surface area contributed by atoms with Gasteiger partial charge in [-0.25, -0.2) is 0 Å². The van der Waals surface area contributed by atoms with Gasteiger partial charge in [0.25, 0.3) is 5.91 Å². The van der Waals surface area contributed by atoms with Crippen LogP contribution >= 0.6 is 0 Å². The predicted octanol–water partition coefficient (Wildman–Crippen LogP) is 2.19. The minimum absolute atomic E-state index is 0.101. The highest BCUT2D eigenvalue weighted by molar-refractivity contribution is 5.97. The van der Waals surface area contributed by atoms with Gasteiger partial charge in [0.2, 0.25) is 0 Å². The van der Waals surface area contributed by atoms with Crippen LogP contribution in [0.5, 0.6) is 11.5 Å². The van der Waals surface area contributed by atoms with Gasteiger partial charge >= 0.3 is 0 Å². The molecule has 0 bridgehead atoms. The van der Waals surface area contributed by atoms with Crippen LogP contribution in [0, 0.1) is 0 Å². The predicted molar refractivity (Wildman–Crippen MR) is 76.4 cm³/mol. The number of rotatable bonds is 7. The highest BCUT2D eigenvalue weighted by Crippen LogP contribution is 2.25. The molecule has 1 N–H and O–H groups in total. The van der Waals surface area contributed by atoms with Crippen molar-refractivity contribution in [1.82, 2.24) is 5.32 Å². The number of ketones is 1. The minimum Gasteiger partial charge on any atom is -0.497 e. The number of carbonyl (C=O) groups is 2. The van der Waals surface area contributed by atoms with E-state index in [-0.39, 0.29) is 24.3 Å². The van der Waals surface area contributed by atoms with Crippen molar-refractivity contribution in [3.05, 3.63) is 23.8 Å². The van der Waals surface area contributed by atoms with Crippen LogP contribution in [0.1, 0.15) is 37.6 Å². The first-order valence-corrected chi connectivity index (χ1v) is 6.59. The zero-order valence-electron chi connectivity index (χ0n) is 12.4. The van der Waals surface area contributed by atoms with Gasteiger partial charge in [-0.3, -0.25) is 9.59 Å². The molecule has 0 aliphatic rings. The molecule has 1 atom stereocenters. The number of amides is 1. The fourth-order valence-electron chi connectivity index (χ4n) is 1.60. The van der Waals surface area contributed by atoms with Crippen LogP contribution in [-0.4, -0.2) is 31.4 Å². The van der Waals surface area contributed by atoms with Gasteiger partial charge in [-0.1, -0.05) is 6.92 Å². The van der Waals surface area contributed by atoms with E-state index in [2.05, 4.69) is 5.32 Å². The molecule has 0 aliphatic carbocycles. The van der Waals surface area contributed by atoms with Gasteiger partial charge in [-0.15, -0.1) is 0 Å². The van der Waals surface area contributed by atoms with E-state index in [1.165, 1.54) is 14.0 Å². The summed E-state index contributed by atoms with van der Waals surface area (Å²) >= 11 is 0. The van der Waals surface area contributed by atoms with Crippen LogP contribution in [0.4, 0.5) is 0 Å². The Hall–Kier alpha value is -2.04. The van der Waals surface area contributed by atoms with Gasteiger partial charge in [0.15, 0.2) is 12.4 Å². The minimum atomic E-state index is -0.211. The smallest absolute Gasteiger partial charge is 0.258 e. The number of Topliss-reactive ketones (excluding diaryl/α,β-unsaturated/α-hetero) is 1. The first-order chi connectivity index (χ1) is 9.47. The maximum atomic E-state index is 11.7. The van der Waals surface area contributed by atoms with Gasteiger partial charge < -0.3 is 14.8 Å². The molecule has 0 saturated heterocycles. The molecule has 0 radical (unpaired) electrons. The molecule has 20 heavy (non-hydrogen) atoms. The van der Waals surface area contributed by atoms with Crippen LogP contribution in [0.15, 0.2) is 18.2 Å². The second-order valence-corrected chi connectivity index (χ2v) is 4.58. The van der Waals surface area contributed by atoms with Crippen molar-refractivity contribution in [3.63, 3.8) is 0 Å². The maximum absolute atomic E-state index is 11.7. The summed E-state index contributed by atoms with van der Waals surface area (Å²) in [6.45, 7) is 5.23. The molecular formula is C15H21NO4. The number of benzene rings is 1. The lowest BCUT2D eigenvalue weighted by Crippen LogP contribution is -2.35. The van der Waals surface area contributed by atoms with Crippen LogP contribution in [0.25, 0.3) is 0 Å². The van der Waals surface area contributed by atoms with Gasteiger partial charge in [-0.05, 0) is 32.4 Å². The Morgan fingerprint density at radius 1 is 1.35 bits per heavy atom. The molecule has 5 heteroatoms. The van der Waals surface area contributed by atoms with Crippen molar-refractivity contribution >= 4 is 11.7 Å². The third-order valence-electron chi connectivity index (χ3n) is 2.95. The van der Waals surface area contributed by atoms with Crippen molar-refractivity contribution in [2.75, 3.05) is 13.7 Å². The number of nitrogens with one attached hydrogen (secondary N) is 1. The molecule has 1 amide bonds. The molecule has 1 unspecified atom stereocenters. The normalized spacial score (nSPS) is 11.6. The van der Waals surface area contributed by atoms with E-state index in [4.69, 9.17) is 9.47 Å². The quantitative estimate of drug-likeness (QED) is 0.777. The second kappa shape index (κ2) is 7.53. The molecule has 1 rings (SSSR count). The summed E-state index contributed by atoms with van der Waals surface area (Å²) in [6.07, 6.45) is 0.851. The molecule has 0 aromatic heterocycles. The zero-order valence-corrected chi connectivity index (χ0v) is 12.4. The third kappa shape index (κ3) is 4.57. The number of hydrogen-bond donors (Lipinski definition) is 1. The third-order valence-corrected chi connectivity index (χ3v) is 2.95. The van der Waals surface area contributed by atoms with Crippen molar-refractivity contribution in [3.8, 4) is 11.5 Å². The molecule has 0 aliphatic heterocycles. The number of ether oxygens (including phenoxy) is 2. The Balaban J connectivity index is 2.75. The zero-order chi connectivity index (χ0) is 15.1. The fourth-order valence-corrected chi connectivity index (χ4v) is 1.60. The lowest BCUT2D eigenvalue weighted by Gasteiger charge is -2.14. The molecule has 110 valence electrons. The van der Waals surface area contributed by atoms with Gasteiger partial charge in [-0.2, -0.15) is 0 Å². The van der Waals surface area contributed by atoms with Crippen LogP contribution < -0.4 is 14.8 Å². The lowest BCUT2D eigenvalue weighted by atomic mass is 10.1. The van der Waals surface area contributed by atoms with Crippen LogP contribution in [0.2, 0.25) is 0 Å². The van der Waals surface area contributed by atoms with E-state index < -0.39 is 0 Å². The summed E-state index contributed by atoms with van der Waals surface area (Å²) < 4.78 is 10.5. The molecule has 0 spiro atoms. The molecule has 0 saturated carbocycles. The number of carbonyl (C=O) groups excluding carboxylic acids is 2. The largest absolute Gasteiger partial charge is 0.497 e. The number of methoxy groups -OCH3 is 1. The van der Waals surface area contributed by atoms with Crippen molar-refractivity contribution in [2.45, 2.75) is 33.2 Å². The van der Waals surface area contributed by atoms with Gasteiger partial charge in [0.05, 0.1) is 12.7 Å². The first-order valence-electron chi connectivity index (χ1n) is 6.59. The van der Waals surface area contributed by atoms with E-state index >= 15 is 0 Å². The van der Waals surface area contributed by atoms with Crippen LogP contribution in [0.3, 0.4) is 0 Å². The van der Waals surface area contributed by atoms with Crippen molar-refractivity contribution < 1.29 is 19.1 Å². The molecular weight excluding hydrogens is 258 g/mol. The summed E-state index contributed by atoms with van der Waals surface area (Å²) in [4.78, 5) is 23.2. The molecule has 0 heterocycles. The van der Waals surface area contributed by atoms with E-state index in [1.54, 1.807) is 18.2 Å². The second-order valence-electron chi connectivity index (χ2n) is 4.58. The summed E-state index contributed by atoms with van der Waals surface area (Å²) in [7, 11) is 1.53. The standard InChI is InChI=1S/C15H21NO4/c1-5-10(2)16-15(18)9-20-14-8-12(19-4)6-7-13(14)11(3)17/h6-8,10H,5,9H2,1-4H3,(H,16,18). The Labute approximate surface area is 119 Å². The number of hydrogen-bond acceptors (Lipinski definition) is 4. The highest BCUT2D eigenvalue weighted by atomic mass is 16.5. The van der Waals surface area contributed by atoms with Crippen molar-refractivity contribution in [1.29, 1.82) is 0 Å². The van der Waals surface area contributed by atoms with E-state index in [9.17, 15) is 9.59 Å². The maximum Gasteiger partial charge on any atom is 0.258 e. The Kier molecular flexibility index (Phi) is 6.03.